The maximum Gasteiger partial charge on any atom is 0.312 e. The lowest BCUT2D eigenvalue weighted by atomic mass is 10.1. The van der Waals surface area contributed by atoms with Crippen LogP contribution in [0.5, 0.6) is 0 Å². The number of ether oxygens (including phenoxy) is 1. The molecule has 0 saturated carbocycles. The number of benzene rings is 2. The van der Waals surface area contributed by atoms with Gasteiger partial charge in [0.05, 0.1) is 5.92 Å². The van der Waals surface area contributed by atoms with Gasteiger partial charge in [-0.15, -0.1) is 0 Å². The molecule has 1 saturated heterocycles. The smallest absolute Gasteiger partial charge is 0.312 e. The molecule has 3 rings (SSSR count). The van der Waals surface area contributed by atoms with Crippen LogP contribution in [0.1, 0.15) is 24.5 Å². The molecule has 1 aliphatic heterocycles. The minimum atomic E-state index is -0.964. The van der Waals surface area contributed by atoms with E-state index in [0.717, 1.165) is 16.8 Å². The third-order valence-electron chi connectivity index (χ3n) is 4.88. The zero-order chi connectivity index (χ0) is 21.0. The molecule has 2 atom stereocenters. The molecule has 7 heteroatoms. The third kappa shape index (κ3) is 5.15. The summed E-state index contributed by atoms with van der Waals surface area (Å²) < 4.78 is 5.30. The Morgan fingerprint density at radius 2 is 1.90 bits per heavy atom. The Morgan fingerprint density at radius 3 is 2.59 bits per heavy atom. The Labute approximate surface area is 174 Å². The van der Waals surface area contributed by atoms with Crippen LogP contribution >= 0.6 is 11.6 Å². The van der Waals surface area contributed by atoms with E-state index in [4.69, 9.17) is 16.3 Å². The second kappa shape index (κ2) is 9.09. The molecule has 6 nitrogen and oxygen atoms in total. The summed E-state index contributed by atoms with van der Waals surface area (Å²) in [6.45, 7) is 3.96. The number of esters is 1. The van der Waals surface area contributed by atoms with Crippen molar-refractivity contribution >= 4 is 35.1 Å². The number of rotatable bonds is 6. The highest BCUT2D eigenvalue weighted by molar-refractivity contribution is 6.31. The fourth-order valence-corrected chi connectivity index (χ4v) is 3.33. The maximum absolute atomic E-state index is 12.5. The van der Waals surface area contributed by atoms with Gasteiger partial charge in [-0.2, -0.15) is 0 Å². The monoisotopic (exact) mass is 414 g/mol. The van der Waals surface area contributed by atoms with Gasteiger partial charge in [0.15, 0.2) is 6.10 Å². The molecule has 152 valence electrons. The number of carbonyl (C=O) groups is 3. The Kier molecular flexibility index (Phi) is 6.54. The number of amides is 2. The van der Waals surface area contributed by atoms with Crippen LogP contribution < -0.4 is 10.2 Å². The number of nitrogens with one attached hydrogen (secondary N) is 1. The summed E-state index contributed by atoms with van der Waals surface area (Å²) in [5.74, 6) is -1.69. The molecular weight excluding hydrogens is 392 g/mol. The SMILES string of the molecule is Cc1ccc(N2C[C@@H](C(=O)O[C@@H](C)C(=O)NCc3ccccc3Cl)CC2=O)cc1. The number of anilines is 1. The molecule has 0 unspecified atom stereocenters. The van der Waals surface area contributed by atoms with E-state index in [1.54, 1.807) is 17.0 Å². The minimum absolute atomic E-state index is 0.0701. The first-order valence-electron chi connectivity index (χ1n) is 9.44. The predicted octanol–water partition coefficient (Wildman–Crippen LogP) is 3.25. The standard InChI is InChI=1S/C22H23ClN2O4/c1-14-7-9-18(10-8-14)25-13-17(11-20(25)26)22(28)29-15(2)21(27)24-12-16-5-3-4-6-19(16)23/h3-10,15,17H,11-13H2,1-2H3,(H,24,27)/t15-,17-/m0/s1. The number of nitrogens with zero attached hydrogens (tertiary/aromatic N) is 1. The molecular formula is C22H23ClN2O4. The highest BCUT2D eigenvalue weighted by Gasteiger charge is 2.37. The van der Waals surface area contributed by atoms with Crippen LogP contribution in [-0.2, 0) is 25.7 Å². The zero-order valence-electron chi connectivity index (χ0n) is 16.4. The van der Waals surface area contributed by atoms with E-state index in [1.165, 1.54) is 6.92 Å². The van der Waals surface area contributed by atoms with Crippen LogP contribution in [0.25, 0.3) is 0 Å². The van der Waals surface area contributed by atoms with Crippen molar-refractivity contribution in [1.82, 2.24) is 5.32 Å². The first kappa shape index (κ1) is 20.9. The molecule has 1 fully saturated rings. The zero-order valence-corrected chi connectivity index (χ0v) is 17.1. The highest BCUT2D eigenvalue weighted by atomic mass is 35.5. The molecule has 1 aliphatic rings. The fourth-order valence-electron chi connectivity index (χ4n) is 3.13. The average molecular weight is 415 g/mol. The van der Waals surface area contributed by atoms with E-state index in [-0.39, 0.29) is 25.4 Å². The molecule has 1 N–H and O–H groups in total. The summed E-state index contributed by atoms with van der Waals surface area (Å²) in [5, 5.41) is 3.26. The van der Waals surface area contributed by atoms with Gasteiger partial charge in [-0.05, 0) is 37.6 Å². The molecule has 2 aromatic carbocycles. The first-order chi connectivity index (χ1) is 13.8. The molecule has 0 radical (unpaired) electrons. The highest BCUT2D eigenvalue weighted by Crippen LogP contribution is 2.26. The Bertz CT molecular complexity index is 913. The summed E-state index contributed by atoms with van der Waals surface area (Å²) in [7, 11) is 0. The van der Waals surface area contributed by atoms with Gasteiger partial charge >= 0.3 is 5.97 Å². The largest absolute Gasteiger partial charge is 0.452 e. The van der Waals surface area contributed by atoms with E-state index in [9.17, 15) is 14.4 Å². The van der Waals surface area contributed by atoms with Gasteiger partial charge in [0.1, 0.15) is 0 Å². The van der Waals surface area contributed by atoms with Crippen molar-refractivity contribution in [1.29, 1.82) is 0 Å². The molecule has 29 heavy (non-hydrogen) atoms. The van der Waals surface area contributed by atoms with Gasteiger partial charge in [-0.1, -0.05) is 47.5 Å². The predicted molar refractivity (Wildman–Crippen MR) is 110 cm³/mol. The normalized spacial score (nSPS) is 17.1. The van der Waals surface area contributed by atoms with Crippen molar-refractivity contribution in [2.45, 2.75) is 32.9 Å². The lowest BCUT2D eigenvalue weighted by Crippen LogP contribution is -2.37. The van der Waals surface area contributed by atoms with E-state index >= 15 is 0 Å². The molecule has 2 amide bonds. The Balaban J connectivity index is 1.53. The quantitative estimate of drug-likeness (QED) is 0.736. The van der Waals surface area contributed by atoms with Crippen LogP contribution in [-0.4, -0.2) is 30.4 Å². The summed E-state index contributed by atoms with van der Waals surface area (Å²) in [6.07, 6.45) is -0.894. The van der Waals surface area contributed by atoms with Crippen molar-refractivity contribution in [3.63, 3.8) is 0 Å². The molecule has 0 aromatic heterocycles. The van der Waals surface area contributed by atoms with Gasteiger partial charge in [0.2, 0.25) is 5.91 Å². The molecule has 0 spiro atoms. The first-order valence-corrected chi connectivity index (χ1v) is 9.81. The second-order valence-corrected chi connectivity index (χ2v) is 7.54. The lowest BCUT2D eigenvalue weighted by Gasteiger charge is -2.18. The van der Waals surface area contributed by atoms with E-state index in [0.29, 0.717) is 5.02 Å². The van der Waals surface area contributed by atoms with E-state index in [1.807, 2.05) is 43.3 Å². The van der Waals surface area contributed by atoms with Crippen LogP contribution in [0, 0.1) is 12.8 Å². The van der Waals surface area contributed by atoms with Crippen molar-refractivity contribution in [3.05, 3.63) is 64.7 Å². The van der Waals surface area contributed by atoms with Crippen LogP contribution in [0.2, 0.25) is 5.02 Å². The number of carbonyl (C=O) groups excluding carboxylic acids is 3. The van der Waals surface area contributed by atoms with Crippen LogP contribution in [0.15, 0.2) is 48.5 Å². The maximum atomic E-state index is 12.5. The fraction of sp³-hybridized carbons (Fsp3) is 0.318. The van der Waals surface area contributed by atoms with Gasteiger partial charge < -0.3 is 15.0 Å². The Hall–Kier alpha value is -2.86. The Morgan fingerprint density at radius 1 is 1.21 bits per heavy atom. The van der Waals surface area contributed by atoms with E-state index in [2.05, 4.69) is 5.32 Å². The summed E-state index contributed by atoms with van der Waals surface area (Å²) in [5.41, 5.74) is 2.62. The minimum Gasteiger partial charge on any atom is -0.452 e. The number of halogens is 1. The van der Waals surface area contributed by atoms with Crippen LogP contribution in [0.3, 0.4) is 0 Å². The second-order valence-electron chi connectivity index (χ2n) is 7.13. The van der Waals surface area contributed by atoms with Crippen molar-refractivity contribution in [3.8, 4) is 0 Å². The third-order valence-corrected chi connectivity index (χ3v) is 5.25. The lowest BCUT2D eigenvalue weighted by molar-refractivity contribution is -0.158. The van der Waals surface area contributed by atoms with Gasteiger partial charge in [0, 0.05) is 30.2 Å². The summed E-state index contributed by atoms with van der Waals surface area (Å²) in [6, 6.07) is 14.7. The molecule has 1 heterocycles. The van der Waals surface area contributed by atoms with E-state index < -0.39 is 23.9 Å². The summed E-state index contributed by atoms with van der Waals surface area (Å²) >= 11 is 6.07. The molecule has 0 bridgehead atoms. The number of aryl methyl sites for hydroxylation is 1. The number of hydrogen-bond donors (Lipinski definition) is 1. The van der Waals surface area contributed by atoms with Crippen LogP contribution in [0.4, 0.5) is 5.69 Å². The molecule has 0 aliphatic carbocycles. The number of hydrogen-bond acceptors (Lipinski definition) is 4. The summed E-state index contributed by atoms with van der Waals surface area (Å²) in [4.78, 5) is 38.6. The molecule has 2 aromatic rings. The average Bonchev–Trinajstić information content (AvgIpc) is 3.09. The van der Waals surface area contributed by atoms with Gasteiger partial charge in [-0.3, -0.25) is 14.4 Å². The van der Waals surface area contributed by atoms with Crippen molar-refractivity contribution < 1.29 is 19.1 Å². The van der Waals surface area contributed by atoms with Crippen molar-refractivity contribution in [2.75, 3.05) is 11.4 Å². The van der Waals surface area contributed by atoms with Gasteiger partial charge in [0.25, 0.3) is 5.91 Å². The van der Waals surface area contributed by atoms with Crippen molar-refractivity contribution in [2.24, 2.45) is 5.92 Å². The topological polar surface area (TPSA) is 75.7 Å². The van der Waals surface area contributed by atoms with Gasteiger partial charge in [-0.25, -0.2) is 0 Å².